The van der Waals surface area contributed by atoms with E-state index in [9.17, 15) is 8.78 Å². The van der Waals surface area contributed by atoms with Gasteiger partial charge in [0.1, 0.15) is 13.1 Å². The molecule has 0 amide bonds. The minimum absolute atomic E-state index is 0.0263. The average molecular weight is 418 g/mol. The maximum absolute atomic E-state index is 12.4. The highest BCUT2D eigenvalue weighted by molar-refractivity contribution is 7.80. The van der Waals surface area contributed by atoms with Gasteiger partial charge < -0.3 is 24.4 Å². The molecular formula is C18H27F2N4O3S+. The molecule has 7 nitrogen and oxygen atoms in total. The number of nitrogens with one attached hydrogen (secondary N) is 3. The summed E-state index contributed by atoms with van der Waals surface area (Å²) in [5.74, 6) is 0.181. The summed E-state index contributed by atoms with van der Waals surface area (Å²) < 4.78 is 39.7. The van der Waals surface area contributed by atoms with Crippen molar-refractivity contribution in [2.75, 3.05) is 46.5 Å². The van der Waals surface area contributed by atoms with Crippen LogP contribution in [0.5, 0.6) is 11.5 Å². The number of hydrazone groups is 1. The summed E-state index contributed by atoms with van der Waals surface area (Å²) in [5, 5.41) is 7.78. The first-order valence-electron chi connectivity index (χ1n) is 9.12. The van der Waals surface area contributed by atoms with Crippen LogP contribution in [0.25, 0.3) is 0 Å². The lowest BCUT2D eigenvalue weighted by Gasteiger charge is -2.23. The first kappa shape index (κ1) is 22.3. The second kappa shape index (κ2) is 11.7. The Hall–Kier alpha value is -2.04. The van der Waals surface area contributed by atoms with Crippen LogP contribution >= 0.6 is 12.2 Å². The zero-order valence-corrected chi connectivity index (χ0v) is 16.9. The van der Waals surface area contributed by atoms with E-state index in [1.54, 1.807) is 24.0 Å². The molecule has 1 heterocycles. The number of methoxy groups -OCH3 is 1. The summed E-state index contributed by atoms with van der Waals surface area (Å²) in [6.07, 6.45) is 1.00. The third-order valence-corrected chi connectivity index (χ3v) is 4.55. The molecule has 3 N–H and O–H groups in total. The molecule has 0 saturated carbocycles. The van der Waals surface area contributed by atoms with Crippen LogP contribution in [0.2, 0.25) is 0 Å². The number of nitrogens with zero attached hydrogens (tertiary/aromatic N) is 1. The van der Waals surface area contributed by atoms with Crippen molar-refractivity contribution >= 4 is 23.0 Å². The minimum atomic E-state index is -2.91. The number of hydrogen-bond donors (Lipinski definition) is 3. The van der Waals surface area contributed by atoms with Gasteiger partial charge in [0, 0.05) is 18.5 Å². The smallest absolute Gasteiger partial charge is 0.387 e. The Labute approximate surface area is 169 Å². The lowest BCUT2D eigenvalue weighted by Crippen LogP contribution is -3.14. The van der Waals surface area contributed by atoms with E-state index in [-0.39, 0.29) is 11.5 Å². The maximum atomic E-state index is 12.4. The zero-order chi connectivity index (χ0) is 20.4. The fraction of sp³-hybridized carbons (Fsp3) is 0.556. The summed E-state index contributed by atoms with van der Waals surface area (Å²) in [6.45, 7) is 4.47. The fourth-order valence-electron chi connectivity index (χ4n) is 2.78. The molecule has 28 heavy (non-hydrogen) atoms. The monoisotopic (exact) mass is 417 g/mol. The molecule has 156 valence electrons. The molecule has 1 aromatic rings. The van der Waals surface area contributed by atoms with Crippen molar-refractivity contribution in [2.24, 2.45) is 5.10 Å². The number of ether oxygens (including phenoxy) is 3. The second-order valence-electron chi connectivity index (χ2n) is 6.27. The molecule has 10 heteroatoms. The van der Waals surface area contributed by atoms with Crippen molar-refractivity contribution < 1.29 is 27.9 Å². The lowest BCUT2D eigenvalue weighted by atomic mass is 10.1. The first-order chi connectivity index (χ1) is 13.5. The molecule has 1 aromatic carbocycles. The number of alkyl halides is 2. The number of rotatable bonds is 9. The van der Waals surface area contributed by atoms with E-state index in [1.165, 1.54) is 13.2 Å². The van der Waals surface area contributed by atoms with Gasteiger partial charge in [-0.25, -0.2) is 0 Å². The molecule has 1 aliphatic rings. The molecule has 0 radical (unpaired) electrons. The van der Waals surface area contributed by atoms with Crippen molar-refractivity contribution in [3.05, 3.63) is 23.8 Å². The molecule has 1 aliphatic heterocycles. The van der Waals surface area contributed by atoms with Gasteiger partial charge in [-0.05, 0) is 37.3 Å². The van der Waals surface area contributed by atoms with Gasteiger partial charge in [0.05, 0.1) is 32.6 Å². The van der Waals surface area contributed by atoms with Crippen LogP contribution in [0.4, 0.5) is 8.78 Å². The third kappa shape index (κ3) is 7.53. The zero-order valence-electron chi connectivity index (χ0n) is 16.1. The van der Waals surface area contributed by atoms with Crippen LogP contribution in [-0.4, -0.2) is 63.9 Å². The van der Waals surface area contributed by atoms with Gasteiger partial charge in [-0.3, -0.25) is 5.43 Å². The predicted octanol–water partition coefficient (Wildman–Crippen LogP) is 0.790. The standard InChI is InChI=1S/C18H26F2N4O3S/c1-13(14-4-5-15(27-17(19)20)16(12-14)25-2)22-23-18(28)21-6-3-7-24-8-10-26-11-9-24/h4-5,12,17H,3,6-11H2,1-2H3,(H2,21,23,28)/p+1/b22-13-. The van der Waals surface area contributed by atoms with Gasteiger partial charge in [-0.2, -0.15) is 13.9 Å². The molecule has 0 spiro atoms. The Morgan fingerprint density at radius 2 is 2.07 bits per heavy atom. The Kier molecular flexibility index (Phi) is 9.32. The lowest BCUT2D eigenvalue weighted by molar-refractivity contribution is -0.908. The first-order valence-corrected chi connectivity index (χ1v) is 9.53. The molecule has 1 fully saturated rings. The molecule has 1 saturated heterocycles. The molecular weight excluding hydrogens is 390 g/mol. The second-order valence-corrected chi connectivity index (χ2v) is 6.68. The van der Waals surface area contributed by atoms with Crippen LogP contribution < -0.4 is 25.1 Å². The van der Waals surface area contributed by atoms with Crippen molar-refractivity contribution in [3.8, 4) is 11.5 Å². The molecule has 0 atom stereocenters. The van der Waals surface area contributed by atoms with Crippen molar-refractivity contribution in [2.45, 2.75) is 20.0 Å². The van der Waals surface area contributed by atoms with Crippen molar-refractivity contribution in [1.29, 1.82) is 0 Å². The van der Waals surface area contributed by atoms with Gasteiger partial charge in [-0.1, -0.05) is 0 Å². The average Bonchev–Trinajstić information content (AvgIpc) is 2.70. The van der Waals surface area contributed by atoms with Crippen LogP contribution in [0.15, 0.2) is 23.3 Å². The fourth-order valence-corrected chi connectivity index (χ4v) is 2.92. The number of quaternary nitrogens is 1. The summed E-state index contributed by atoms with van der Waals surface area (Å²) >= 11 is 5.22. The van der Waals surface area contributed by atoms with E-state index < -0.39 is 6.61 Å². The number of benzene rings is 1. The Morgan fingerprint density at radius 3 is 2.75 bits per heavy atom. The SMILES string of the molecule is COc1cc(/C(C)=N\NC(=S)NCCC[NH+]2CCOCC2)ccc1OC(F)F. The molecule has 0 aromatic heterocycles. The number of halogens is 2. The number of hydrogen-bond acceptors (Lipinski definition) is 5. The highest BCUT2D eigenvalue weighted by Crippen LogP contribution is 2.29. The van der Waals surface area contributed by atoms with E-state index in [2.05, 4.69) is 20.6 Å². The number of morpholine rings is 1. The van der Waals surface area contributed by atoms with Gasteiger partial charge in [0.15, 0.2) is 16.6 Å². The van der Waals surface area contributed by atoms with Crippen LogP contribution in [-0.2, 0) is 4.74 Å². The Morgan fingerprint density at radius 1 is 1.32 bits per heavy atom. The normalized spacial score (nSPS) is 15.4. The summed E-state index contributed by atoms with van der Waals surface area (Å²) in [7, 11) is 1.39. The predicted molar refractivity (Wildman–Crippen MR) is 107 cm³/mol. The van der Waals surface area contributed by atoms with E-state index in [0.29, 0.717) is 16.4 Å². The Balaban J connectivity index is 1.78. The summed E-state index contributed by atoms with van der Waals surface area (Å²) in [5.41, 5.74) is 4.12. The van der Waals surface area contributed by atoms with E-state index in [4.69, 9.17) is 21.7 Å². The molecule has 0 bridgehead atoms. The van der Waals surface area contributed by atoms with E-state index in [0.717, 1.165) is 45.8 Å². The quantitative estimate of drug-likeness (QED) is 0.239. The van der Waals surface area contributed by atoms with Gasteiger partial charge in [-0.15, -0.1) is 0 Å². The highest BCUT2D eigenvalue weighted by atomic mass is 32.1. The highest BCUT2D eigenvalue weighted by Gasteiger charge is 2.13. The van der Waals surface area contributed by atoms with Crippen LogP contribution in [0.3, 0.4) is 0 Å². The van der Waals surface area contributed by atoms with Crippen molar-refractivity contribution in [1.82, 2.24) is 10.7 Å². The molecule has 0 aliphatic carbocycles. The molecule has 2 rings (SSSR count). The number of thiocarbonyl (C=S) groups is 1. The minimum Gasteiger partial charge on any atom is -0.493 e. The Bertz CT molecular complexity index is 670. The summed E-state index contributed by atoms with van der Waals surface area (Å²) in [6, 6.07) is 4.63. The maximum Gasteiger partial charge on any atom is 0.387 e. The van der Waals surface area contributed by atoms with Gasteiger partial charge in [0.2, 0.25) is 0 Å². The van der Waals surface area contributed by atoms with Crippen molar-refractivity contribution in [3.63, 3.8) is 0 Å². The van der Waals surface area contributed by atoms with Gasteiger partial charge >= 0.3 is 6.61 Å². The van der Waals surface area contributed by atoms with E-state index >= 15 is 0 Å². The molecule has 0 unspecified atom stereocenters. The third-order valence-electron chi connectivity index (χ3n) is 4.32. The topological polar surface area (TPSA) is 68.5 Å². The largest absolute Gasteiger partial charge is 0.493 e. The summed E-state index contributed by atoms with van der Waals surface area (Å²) in [4.78, 5) is 1.55. The van der Waals surface area contributed by atoms with E-state index in [1.807, 2.05) is 0 Å². The van der Waals surface area contributed by atoms with Crippen LogP contribution in [0.1, 0.15) is 18.9 Å². The van der Waals surface area contributed by atoms with Gasteiger partial charge in [0.25, 0.3) is 0 Å². The van der Waals surface area contributed by atoms with Crippen LogP contribution in [0, 0.1) is 0 Å².